The fraction of sp³-hybridized carbons (Fsp3) is 0.353. The number of carbonyl (C=O) groups excluding carboxylic acids is 1. The number of allylic oxidation sites excluding steroid dienone is 4. The molecule has 0 unspecified atom stereocenters. The minimum Gasteiger partial charge on any atom is -0.296 e. The monoisotopic (exact) mass is 330 g/mol. The van der Waals surface area contributed by atoms with Crippen LogP contribution in [0.4, 0.5) is 5.95 Å². The Morgan fingerprint density at radius 3 is 2.65 bits per heavy atom. The Bertz CT molecular complexity index is 802. The molecular formula is C17H19ClN4O. The van der Waals surface area contributed by atoms with Gasteiger partial charge in [-0.05, 0) is 30.2 Å². The van der Waals surface area contributed by atoms with Crippen LogP contribution >= 0.6 is 11.6 Å². The molecule has 5 nitrogen and oxygen atoms in total. The molecule has 1 aliphatic carbocycles. The third kappa shape index (κ3) is 3.15. The summed E-state index contributed by atoms with van der Waals surface area (Å²) in [5, 5.41) is 3.32. The van der Waals surface area contributed by atoms with Crippen LogP contribution in [0.2, 0.25) is 5.15 Å². The smallest absolute Gasteiger partial charge is 0.226 e. The summed E-state index contributed by atoms with van der Waals surface area (Å²) in [7, 11) is 0. The molecule has 0 aromatic carbocycles. The Labute approximate surface area is 140 Å². The van der Waals surface area contributed by atoms with Crippen LogP contribution in [0.1, 0.15) is 33.1 Å². The van der Waals surface area contributed by atoms with E-state index in [9.17, 15) is 4.79 Å². The van der Waals surface area contributed by atoms with E-state index in [1.165, 1.54) is 0 Å². The zero-order valence-electron chi connectivity index (χ0n) is 13.2. The van der Waals surface area contributed by atoms with Gasteiger partial charge in [-0.25, -0.2) is 9.97 Å². The summed E-state index contributed by atoms with van der Waals surface area (Å²) in [6, 6.07) is 3.50. The van der Waals surface area contributed by atoms with Gasteiger partial charge in [0.15, 0.2) is 5.65 Å². The fourth-order valence-corrected chi connectivity index (χ4v) is 2.75. The standard InChI is InChI=1S/C17H19ClN4O/c1-3-11(4-2)10-15(23)21-17-19-13-8-9-14(18)20-16(13)22(17)12-6-5-7-12/h5-9,11H,3-4,10H2,1-2H3,(H,19,21,23). The Morgan fingerprint density at radius 1 is 1.30 bits per heavy atom. The predicted octanol–water partition coefficient (Wildman–Crippen LogP) is 4.26. The van der Waals surface area contributed by atoms with Crippen molar-refractivity contribution in [2.45, 2.75) is 33.1 Å². The summed E-state index contributed by atoms with van der Waals surface area (Å²) < 4.78 is 1.83. The van der Waals surface area contributed by atoms with E-state index in [4.69, 9.17) is 11.6 Å². The molecule has 2 aromatic rings. The summed E-state index contributed by atoms with van der Waals surface area (Å²) in [5.41, 5.74) is 2.28. The van der Waals surface area contributed by atoms with E-state index in [0.29, 0.717) is 34.6 Å². The highest BCUT2D eigenvalue weighted by molar-refractivity contribution is 6.29. The maximum Gasteiger partial charge on any atom is 0.226 e. The number of hydrogen-bond acceptors (Lipinski definition) is 3. The number of rotatable bonds is 6. The molecule has 23 heavy (non-hydrogen) atoms. The van der Waals surface area contributed by atoms with Gasteiger partial charge in [-0.15, -0.1) is 0 Å². The summed E-state index contributed by atoms with van der Waals surface area (Å²) >= 11 is 6.00. The molecule has 0 fully saturated rings. The highest BCUT2D eigenvalue weighted by atomic mass is 35.5. The summed E-state index contributed by atoms with van der Waals surface area (Å²) in [6.07, 6.45) is 8.30. The predicted molar refractivity (Wildman–Crippen MR) is 93.3 cm³/mol. The molecule has 0 aliphatic heterocycles. The normalized spacial score (nSPS) is 13.3. The first-order valence-electron chi connectivity index (χ1n) is 7.86. The lowest BCUT2D eigenvalue weighted by Crippen LogP contribution is -2.19. The van der Waals surface area contributed by atoms with Gasteiger partial charge in [0.2, 0.25) is 11.9 Å². The van der Waals surface area contributed by atoms with Gasteiger partial charge in [0.05, 0.1) is 5.70 Å². The van der Waals surface area contributed by atoms with Gasteiger partial charge in [-0.3, -0.25) is 14.7 Å². The van der Waals surface area contributed by atoms with Crippen molar-refractivity contribution in [3.8, 4) is 0 Å². The second kappa shape index (κ2) is 6.54. The maximum absolute atomic E-state index is 12.3. The van der Waals surface area contributed by atoms with Crippen LogP contribution in [0.15, 0.2) is 30.4 Å². The highest BCUT2D eigenvalue weighted by Gasteiger charge is 2.19. The van der Waals surface area contributed by atoms with Crippen molar-refractivity contribution in [1.29, 1.82) is 0 Å². The number of nitrogens with one attached hydrogen (secondary N) is 1. The SMILES string of the molecule is CCC(CC)CC(=O)Nc1nc2ccc(Cl)nc2n1C1=CC=C1. The molecule has 0 spiro atoms. The molecule has 0 atom stereocenters. The molecule has 120 valence electrons. The van der Waals surface area contributed by atoms with Gasteiger partial charge in [0.25, 0.3) is 0 Å². The van der Waals surface area contributed by atoms with E-state index >= 15 is 0 Å². The zero-order chi connectivity index (χ0) is 16.4. The van der Waals surface area contributed by atoms with Crippen molar-refractivity contribution in [2.24, 2.45) is 5.92 Å². The van der Waals surface area contributed by atoms with E-state index in [1.807, 2.05) is 22.8 Å². The molecule has 0 bridgehead atoms. The molecule has 1 N–H and O–H groups in total. The molecule has 0 saturated carbocycles. The van der Waals surface area contributed by atoms with Crippen LogP contribution in [0.25, 0.3) is 16.9 Å². The number of halogens is 1. The van der Waals surface area contributed by atoms with Gasteiger partial charge in [-0.2, -0.15) is 0 Å². The second-order valence-electron chi connectivity index (χ2n) is 5.63. The molecule has 6 heteroatoms. The molecule has 2 heterocycles. The number of nitrogens with zero attached hydrogens (tertiary/aromatic N) is 3. The average Bonchev–Trinajstić information content (AvgIpc) is 2.81. The first-order chi connectivity index (χ1) is 11.1. The Balaban J connectivity index is 1.92. The largest absolute Gasteiger partial charge is 0.296 e. The Morgan fingerprint density at radius 2 is 2.04 bits per heavy atom. The summed E-state index contributed by atoms with van der Waals surface area (Å²) in [6.45, 7) is 4.21. The zero-order valence-corrected chi connectivity index (χ0v) is 14.0. The van der Waals surface area contributed by atoms with Crippen molar-refractivity contribution in [3.05, 3.63) is 35.5 Å². The van der Waals surface area contributed by atoms with E-state index < -0.39 is 0 Å². The van der Waals surface area contributed by atoms with E-state index in [-0.39, 0.29) is 5.91 Å². The molecule has 3 rings (SSSR count). The number of aromatic nitrogens is 3. The highest BCUT2D eigenvalue weighted by Crippen LogP contribution is 2.28. The Kier molecular flexibility index (Phi) is 4.48. The topological polar surface area (TPSA) is 59.8 Å². The van der Waals surface area contributed by atoms with Crippen molar-refractivity contribution >= 4 is 40.3 Å². The molecule has 1 amide bonds. The molecular weight excluding hydrogens is 312 g/mol. The van der Waals surface area contributed by atoms with Gasteiger partial charge in [0, 0.05) is 6.42 Å². The summed E-state index contributed by atoms with van der Waals surface area (Å²) in [4.78, 5) is 21.1. The molecule has 0 saturated heterocycles. The lowest BCUT2D eigenvalue weighted by Gasteiger charge is -2.15. The average molecular weight is 331 g/mol. The first-order valence-corrected chi connectivity index (χ1v) is 8.23. The lowest BCUT2D eigenvalue weighted by molar-refractivity contribution is -0.117. The third-order valence-corrected chi connectivity index (χ3v) is 4.35. The van der Waals surface area contributed by atoms with E-state index in [0.717, 1.165) is 18.5 Å². The number of hydrogen-bond donors (Lipinski definition) is 1. The quantitative estimate of drug-likeness (QED) is 0.805. The van der Waals surface area contributed by atoms with Crippen LogP contribution in [0.5, 0.6) is 0 Å². The van der Waals surface area contributed by atoms with Crippen LogP contribution in [-0.2, 0) is 4.79 Å². The molecule has 0 radical (unpaired) electrons. The second-order valence-corrected chi connectivity index (χ2v) is 6.02. The number of amides is 1. The third-order valence-electron chi connectivity index (χ3n) is 4.14. The van der Waals surface area contributed by atoms with Gasteiger partial charge in [0.1, 0.15) is 10.7 Å². The van der Waals surface area contributed by atoms with Crippen molar-refractivity contribution < 1.29 is 4.79 Å². The van der Waals surface area contributed by atoms with Crippen molar-refractivity contribution in [2.75, 3.05) is 5.32 Å². The maximum atomic E-state index is 12.3. The van der Waals surface area contributed by atoms with Crippen LogP contribution in [-0.4, -0.2) is 20.4 Å². The van der Waals surface area contributed by atoms with Crippen LogP contribution < -0.4 is 5.32 Å². The fourth-order valence-electron chi connectivity index (χ4n) is 2.61. The van der Waals surface area contributed by atoms with Gasteiger partial charge >= 0.3 is 0 Å². The van der Waals surface area contributed by atoms with Crippen LogP contribution in [0.3, 0.4) is 0 Å². The summed E-state index contributed by atoms with van der Waals surface area (Å²) in [5.74, 6) is 0.856. The van der Waals surface area contributed by atoms with Crippen molar-refractivity contribution in [1.82, 2.24) is 14.5 Å². The minimum absolute atomic E-state index is 0.0229. The van der Waals surface area contributed by atoms with E-state index in [1.54, 1.807) is 12.1 Å². The van der Waals surface area contributed by atoms with Gasteiger partial charge < -0.3 is 0 Å². The molecule has 1 aliphatic rings. The molecule has 2 aromatic heterocycles. The number of pyridine rings is 1. The number of fused-ring (bicyclic) bond motifs is 1. The number of carbonyl (C=O) groups is 1. The van der Waals surface area contributed by atoms with Crippen LogP contribution in [0, 0.1) is 5.92 Å². The number of anilines is 1. The lowest BCUT2D eigenvalue weighted by atomic mass is 9.99. The van der Waals surface area contributed by atoms with Gasteiger partial charge in [-0.1, -0.05) is 44.4 Å². The van der Waals surface area contributed by atoms with E-state index in [2.05, 4.69) is 29.1 Å². The number of imidazole rings is 1. The minimum atomic E-state index is -0.0229. The Hall–Kier alpha value is -2.14. The first kappa shape index (κ1) is 15.7. The van der Waals surface area contributed by atoms with Crippen molar-refractivity contribution in [3.63, 3.8) is 0 Å².